The number of anilines is 2. The van der Waals surface area contributed by atoms with Gasteiger partial charge in [0.1, 0.15) is 5.65 Å². The van der Waals surface area contributed by atoms with Crippen LogP contribution >= 0.6 is 0 Å². The van der Waals surface area contributed by atoms with Crippen LogP contribution in [0.1, 0.15) is 13.8 Å². The molecule has 10 nitrogen and oxygen atoms in total. The molecule has 0 radical (unpaired) electrons. The molecule has 0 unspecified atom stereocenters. The summed E-state index contributed by atoms with van der Waals surface area (Å²) in [6, 6.07) is 3.52. The Bertz CT molecular complexity index is 1010. The van der Waals surface area contributed by atoms with Crippen LogP contribution in [-0.4, -0.2) is 51.4 Å². The van der Waals surface area contributed by atoms with Gasteiger partial charge < -0.3 is 26.7 Å². The fourth-order valence-corrected chi connectivity index (χ4v) is 2.73. The predicted molar refractivity (Wildman–Crippen MR) is 111 cm³/mol. The highest BCUT2D eigenvalue weighted by atomic mass is 16.2. The number of nitrogens with one attached hydrogen (secondary N) is 4. The first-order chi connectivity index (χ1) is 13.9. The molecule has 3 rings (SSSR count). The maximum atomic E-state index is 12.1. The zero-order valence-corrected chi connectivity index (χ0v) is 16.3. The van der Waals surface area contributed by atoms with Gasteiger partial charge in [0.25, 0.3) is 0 Å². The Morgan fingerprint density at radius 1 is 1.10 bits per heavy atom. The van der Waals surface area contributed by atoms with Gasteiger partial charge in [0.15, 0.2) is 0 Å². The van der Waals surface area contributed by atoms with Gasteiger partial charge in [0.05, 0.1) is 24.2 Å². The third-order valence-electron chi connectivity index (χ3n) is 4.12. The number of rotatable bonds is 8. The standard InChI is InChI=1S/C19H24N8O2/c1-11(2)7-24-16(29)10-25-15(28)9-23-14-4-5-21-18-17(14)12(8-26-18)13-3-6-22-19(20)27-13/h3-6,8,11H,7,9-10H2,1-2H3,(H,24,29)(H,25,28)(H2,20,22,27)(H2,21,23,26). The zero-order valence-electron chi connectivity index (χ0n) is 16.3. The van der Waals surface area contributed by atoms with Crippen molar-refractivity contribution in [1.29, 1.82) is 0 Å². The molecule has 0 aliphatic carbocycles. The predicted octanol–water partition coefficient (Wildman–Crippen LogP) is 0.902. The maximum absolute atomic E-state index is 12.1. The summed E-state index contributed by atoms with van der Waals surface area (Å²) in [7, 11) is 0. The number of nitrogen functional groups attached to an aromatic ring is 1. The average Bonchev–Trinajstić information content (AvgIpc) is 3.14. The van der Waals surface area contributed by atoms with E-state index in [0.29, 0.717) is 29.5 Å². The second kappa shape index (κ2) is 9.00. The Morgan fingerprint density at radius 3 is 2.62 bits per heavy atom. The largest absolute Gasteiger partial charge is 0.375 e. The summed E-state index contributed by atoms with van der Waals surface area (Å²) in [4.78, 5) is 39.4. The number of H-pyrrole nitrogens is 1. The van der Waals surface area contributed by atoms with Crippen LogP contribution in [0.2, 0.25) is 0 Å². The topological polar surface area (TPSA) is 151 Å². The highest BCUT2D eigenvalue weighted by Crippen LogP contribution is 2.31. The van der Waals surface area contributed by atoms with Crippen LogP contribution in [0.25, 0.3) is 22.3 Å². The fourth-order valence-electron chi connectivity index (χ4n) is 2.73. The minimum absolute atomic E-state index is 0.00705. The highest BCUT2D eigenvalue weighted by molar-refractivity contribution is 6.02. The molecule has 0 aromatic carbocycles. The van der Waals surface area contributed by atoms with Gasteiger partial charge in [-0.2, -0.15) is 0 Å². The molecule has 0 aliphatic heterocycles. The number of aromatic amines is 1. The summed E-state index contributed by atoms with van der Waals surface area (Å²) >= 11 is 0. The summed E-state index contributed by atoms with van der Waals surface area (Å²) in [5, 5.41) is 9.23. The number of hydrogen-bond donors (Lipinski definition) is 5. The van der Waals surface area contributed by atoms with E-state index in [1.165, 1.54) is 0 Å². The third-order valence-corrected chi connectivity index (χ3v) is 4.12. The zero-order chi connectivity index (χ0) is 20.8. The fraction of sp³-hybridized carbons (Fsp3) is 0.316. The molecule has 3 aromatic heterocycles. The van der Waals surface area contributed by atoms with Crippen molar-refractivity contribution in [1.82, 2.24) is 30.6 Å². The molecule has 0 saturated carbocycles. The van der Waals surface area contributed by atoms with Crippen molar-refractivity contribution in [2.24, 2.45) is 5.92 Å². The Balaban J connectivity index is 1.67. The van der Waals surface area contributed by atoms with E-state index >= 15 is 0 Å². The molecule has 3 heterocycles. The van der Waals surface area contributed by atoms with Crippen LogP contribution in [-0.2, 0) is 9.59 Å². The number of nitrogens with zero attached hydrogens (tertiary/aromatic N) is 3. The average molecular weight is 396 g/mol. The second-order valence-electron chi connectivity index (χ2n) is 6.91. The molecule has 2 amide bonds. The lowest BCUT2D eigenvalue weighted by molar-refractivity contribution is -0.125. The van der Waals surface area contributed by atoms with Gasteiger partial charge >= 0.3 is 0 Å². The number of amides is 2. The lowest BCUT2D eigenvalue weighted by Crippen LogP contribution is -2.40. The monoisotopic (exact) mass is 396 g/mol. The Morgan fingerprint density at radius 2 is 1.86 bits per heavy atom. The van der Waals surface area contributed by atoms with E-state index in [2.05, 4.69) is 35.9 Å². The Labute approximate surface area is 167 Å². The highest BCUT2D eigenvalue weighted by Gasteiger charge is 2.14. The number of fused-ring (bicyclic) bond motifs is 1. The number of carbonyl (C=O) groups excluding carboxylic acids is 2. The SMILES string of the molecule is CC(C)CNC(=O)CNC(=O)CNc1ccnc2[nH]cc(-c3ccnc(N)n3)c12. The molecule has 0 saturated heterocycles. The van der Waals surface area contributed by atoms with E-state index in [-0.39, 0.29) is 30.9 Å². The first-order valence-electron chi connectivity index (χ1n) is 9.26. The van der Waals surface area contributed by atoms with Crippen LogP contribution < -0.4 is 21.7 Å². The van der Waals surface area contributed by atoms with E-state index in [1.807, 2.05) is 13.8 Å². The molecule has 152 valence electrons. The smallest absolute Gasteiger partial charge is 0.239 e. The number of carbonyl (C=O) groups is 2. The maximum Gasteiger partial charge on any atom is 0.239 e. The molecule has 0 fully saturated rings. The minimum atomic E-state index is -0.293. The molecule has 3 aromatic rings. The number of aromatic nitrogens is 4. The van der Waals surface area contributed by atoms with Gasteiger partial charge in [-0.1, -0.05) is 13.8 Å². The molecular weight excluding hydrogens is 372 g/mol. The first kappa shape index (κ1) is 20.1. The van der Waals surface area contributed by atoms with Gasteiger partial charge in [-0.05, 0) is 18.1 Å². The minimum Gasteiger partial charge on any atom is -0.375 e. The van der Waals surface area contributed by atoms with Crippen molar-refractivity contribution in [2.45, 2.75) is 13.8 Å². The van der Waals surface area contributed by atoms with Gasteiger partial charge in [0.2, 0.25) is 17.8 Å². The summed E-state index contributed by atoms with van der Waals surface area (Å²) in [5.74, 6) is 0.0159. The van der Waals surface area contributed by atoms with E-state index in [4.69, 9.17) is 5.73 Å². The van der Waals surface area contributed by atoms with Crippen LogP contribution in [0.3, 0.4) is 0 Å². The first-order valence-corrected chi connectivity index (χ1v) is 9.26. The van der Waals surface area contributed by atoms with Crippen molar-refractivity contribution in [3.8, 4) is 11.3 Å². The quantitative estimate of drug-likeness (QED) is 0.379. The lowest BCUT2D eigenvalue weighted by Gasteiger charge is -2.11. The normalized spacial score (nSPS) is 10.9. The molecular formula is C19H24N8O2. The second-order valence-corrected chi connectivity index (χ2v) is 6.91. The summed E-state index contributed by atoms with van der Waals surface area (Å²) in [5.41, 5.74) is 8.49. The molecule has 0 spiro atoms. The van der Waals surface area contributed by atoms with E-state index in [0.717, 1.165) is 10.9 Å². The van der Waals surface area contributed by atoms with Gasteiger partial charge in [0, 0.05) is 36.4 Å². The van der Waals surface area contributed by atoms with E-state index < -0.39 is 0 Å². The third kappa shape index (κ3) is 5.18. The number of nitrogens with two attached hydrogens (primary N) is 1. The molecule has 0 bridgehead atoms. The van der Waals surface area contributed by atoms with Gasteiger partial charge in [-0.25, -0.2) is 15.0 Å². The molecule has 0 atom stereocenters. The van der Waals surface area contributed by atoms with Crippen molar-refractivity contribution in [3.63, 3.8) is 0 Å². The van der Waals surface area contributed by atoms with Gasteiger partial charge in [-0.3, -0.25) is 9.59 Å². The lowest BCUT2D eigenvalue weighted by atomic mass is 10.1. The van der Waals surface area contributed by atoms with Crippen molar-refractivity contribution < 1.29 is 9.59 Å². The van der Waals surface area contributed by atoms with Crippen molar-refractivity contribution >= 4 is 34.5 Å². The number of hydrogen-bond acceptors (Lipinski definition) is 7. The van der Waals surface area contributed by atoms with Crippen LogP contribution in [0.15, 0.2) is 30.7 Å². The van der Waals surface area contributed by atoms with Gasteiger partial charge in [-0.15, -0.1) is 0 Å². The molecule has 0 aliphatic rings. The summed E-state index contributed by atoms with van der Waals surface area (Å²) in [6.07, 6.45) is 5.00. The van der Waals surface area contributed by atoms with Crippen molar-refractivity contribution in [3.05, 3.63) is 30.7 Å². The van der Waals surface area contributed by atoms with Crippen LogP contribution in [0, 0.1) is 5.92 Å². The van der Waals surface area contributed by atoms with Crippen LogP contribution in [0.5, 0.6) is 0 Å². The van der Waals surface area contributed by atoms with E-state index in [1.54, 1.807) is 30.7 Å². The van der Waals surface area contributed by atoms with Crippen molar-refractivity contribution in [2.75, 3.05) is 30.7 Å². The molecule has 10 heteroatoms. The summed E-state index contributed by atoms with van der Waals surface area (Å²) < 4.78 is 0. The van der Waals surface area contributed by atoms with E-state index in [9.17, 15) is 9.59 Å². The van der Waals surface area contributed by atoms with Crippen LogP contribution in [0.4, 0.5) is 11.6 Å². The summed E-state index contributed by atoms with van der Waals surface area (Å²) in [6.45, 7) is 4.53. The molecule has 29 heavy (non-hydrogen) atoms. The number of pyridine rings is 1. The Kier molecular flexibility index (Phi) is 6.22. The Hall–Kier alpha value is -3.69. The molecule has 6 N–H and O–H groups in total.